The summed E-state index contributed by atoms with van der Waals surface area (Å²) in [4.78, 5) is 0.0930. The van der Waals surface area contributed by atoms with E-state index < -0.39 is 20.0 Å². The Morgan fingerprint density at radius 2 is 1.68 bits per heavy atom. The van der Waals surface area contributed by atoms with E-state index in [1.807, 2.05) is 6.92 Å². The number of sulfonamides is 2. The number of nitrogens with one attached hydrogen (secondary N) is 2. The Morgan fingerprint density at radius 1 is 1.00 bits per heavy atom. The first-order valence-electron chi connectivity index (χ1n) is 6.96. The lowest BCUT2D eigenvalue weighted by atomic mass is 10.2. The molecule has 2 aromatic carbocycles. The zero-order valence-corrected chi connectivity index (χ0v) is 16.9. The van der Waals surface area contributed by atoms with Gasteiger partial charge in [-0.15, -0.1) is 0 Å². The van der Waals surface area contributed by atoms with Gasteiger partial charge in [-0.05, 0) is 52.7 Å². The quantitative estimate of drug-likeness (QED) is 0.706. The Balaban J connectivity index is 2.36. The number of rotatable bonds is 6. The smallest absolute Gasteiger partial charge is 0.263 e. The summed E-state index contributed by atoms with van der Waals surface area (Å²) in [6.07, 6.45) is 1.01. The summed E-state index contributed by atoms with van der Waals surface area (Å²) in [6, 6.07) is 9.15. The van der Waals surface area contributed by atoms with Crippen LogP contribution in [0.3, 0.4) is 0 Å². The van der Waals surface area contributed by atoms with Crippen LogP contribution in [0.2, 0.25) is 0 Å². The minimum Gasteiger partial charge on any atom is -0.494 e. The van der Waals surface area contributed by atoms with E-state index in [2.05, 4.69) is 25.4 Å². The van der Waals surface area contributed by atoms with Gasteiger partial charge in [0, 0.05) is 10.5 Å². The molecule has 0 aromatic heterocycles. The maximum atomic E-state index is 12.6. The second-order valence-corrected chi connectivity index (χ2v) is 9.58. The van der Waals surface area contributed by atoms with Crippen LogP contribution in [0.5, 0.6) is 5.75 Å². The van der Waals surface area contributed by atoms with Crippen molar-refractivity contribution in [3.63, 3.8) is 0 Å². The van der Waals surface area contributed by atoms with Crippen molar-refractivity contribution in [2.24, 2.45) is 0 Å². The van der Waals surface area contributed by atoms with Crippen molar-refractivity contribution in [1.82, 2.24) is 0 Å². The predicted octanol–water partition coefficient (Wildman–Crippen LogP) is 2.94. The third kappa shape index (κ3) is 5.10. The molecule has 0 heterocycles. The van der Waals surface area contributed by atoms with Crippen LogP contribution in [0.25, 0.3) is 0 Å². The van der Waals surface area contributed by atoms with Crippen LogP contribution in [0, 0.1) is 6.92 Å². The summed E-state index contributed by atoms with van der Waals surface area (Å²) < 4.78 is 58.1. The lowest BCUT2D eigenvalue weighted by Crippen LogP contribution is -2.14. The minimum absolute atomic E-state index is 0.0930. The summed E-state index contributed by atoms with van der Waals surface area (Å²) in [5.41, 5.74) is 1.37. The van der Waals surface area contributed by atoms with Crippen LogP contribution in [0.15, 0.2) is 45.8 Å². The van der Waals surface area contributed by atoms with Crippen LogP contribution < -0.4 is 14.2 Å². The number of hydrogen-bond donors (Lipinski definition) is 2. The van der Waals surface area contributed by atoms with Crippen molar-refractivity contribution in [2.45, 2.75) is 11.8 Å². The van der Waals surface area contributed by atoms with E-state index in [0.717, 1.165) is 11.8 Å². The van der Waals surface area contributed by atoms with Crippen LogP contribution >= 0.6 is 15.9 Å². The summed E-state index contributed by atoms with van der Waals surface area (Å²) in [5.74, 6) is 0.189. The molecular formula is C15H17BrN2O5S2. The number of benzene rings is 2. The molecule has 0 amide bonds. The third-order valence-electron chi connectivity index (χ3n) is 3.13. The number of anilines is 2. The lowest BCUT2D eigenvalue weighted by molar-refractivity contribution is 0.417. The van der Waals surface area contributed by atoms with Gasteiger partial charge >= 0.3 is 0 Å². The molecule has 0 atom stereocenters. The van der Waals surface area contributed by atoms with Gasteiger partial charge in [0.05, 0.1) is 24.7 Å². The molecule has 0 saturated heterocycles. The summed E-state index contributed by atoms with van der Waals surface area (Å²) in [7, 11) is -5.95. The third-order valence-corrected chi connectivity index (χ3v) is 6.07. The maximum absolute atomic E-state index is 12.6. The number of hydrogen-bond acceptors (Lipinski definition) is 5. The molecule has 25 heavy (non-hydrogen) atoms. The second-order valence-electron chi connectivity index (χ2n) is 5.33. The zero-order chi connectivity index (χ0) is 18.8. The van der Waals surface area contributed by atoms with E-state index in [0.29, 0.717) is 4.47 Å². The number of aryl methyl sites for hydroxylation is 1. The fraction of sp³-hybridized carbons (Fsp3) is 0.200. The number of ether oxygens (including phenoxy) is 1. The van der Waals surface area contributed by atoms with Gasteiger partial charge in [-0.25, -0.2) is 16.8 Å². The van der Waals surface area contributed by atoms with Gasteiger partial charge in [0.1, 0.15) is 10.6 Å². The Labute approximate surface area is 155 Å². The highest BCUT2D eigenvalue weighted by Gasteiger charge is 2.19. The monoisotopic (exact) mass is 448 g/mol. The lowest BCUT2D eigenvalue weighted by Gasteiger charge is -2.14. The van der Waals surface area contributed by atoms with E-state index in [1.54, 1.807) is 12.1 Å². The maximum Gasteiger partial charge on any atom is 0.263 e. The average Bonchev–Trinajstić information content (AvgIpc) is 2.46. The Bertz CT molecular complexity index is 1000. The highest BCUT2D eigenvalue weighted by atomic mass is 79.9. The highest BCUT2D eigenvalue weighted by Crippen LogP contribution is 2.31. The highest BCUT2D eigenvalue weighted by molar-refractivity contribution is 9.10. The molecule has 0 spiro atoms. The van der Waals surface area contributed by atoms with Crippen molar-refractivity contribution in [2.75, 3.05) is 22.8 Å². The minimum atomic E-state index is -3.82. The molecule has 2 aromatic rings. The van der Waals surface area contributed by atoms with Gasteiger partial charge in [0.2, 0.25) is 10.0 Å². The average molecular weight is 449 g/mol. The Hall–Kier alpha value is -1.78. The predicted molar refractivity (Wildman–Crippen MR) is 101 cm³/mol. The molecule has 10 heteroatoms. The first-order chi connectivity index (χ1) is 11.5. The first-order valence-corrected chi connectivity index (χ1v) is 11.1. The SMILES string of the molecule is COc1cc(NS(=O)(=O)c2ccc(C)cc2Br)ccc1NS(C)(=O)=O. The molecule has 0 aliphatic rings. The summed E-state index contributed by atoms with van der Waals surface area (Å²) in [6.45, 7) is 1.85. The van der Waals surface area contributed by atoms with Crippen molar-refractivity contribution in [1.29, 1.82) is 0 Å². The normalized spacial score (nSPS) is 11.8. The van der Waals surface area contributed by atoms with E-state index in [1.165, 1.54) is 31.4 Å². The Morgan fingerprint density at radius 3 is 2.24 bits per heavy atom. The molecule has 2 N–H and O–H groups in total. The van der Waals surface area contributed by atoms with E-state index in [9.17, 15) is 16.8 Å². The number of methoxy groups -OCH3 is 1. The molecule has 136 valence electrons. The molecule has 0 radical (unpaired) electrons. The summed E-state index contributed by atoms with van der Waals surface area (Å²) >= 11 is 3.25. The molecule has 0 saturated carbocycles. The van der Waals surface area contributed by atoms with E-state index in [4.69, 9.17) is 4.74 Å². The van der Waals surface area contributed by atoms with Gasteiger partial charge in [-0.3, -0.25) is 9.44 Å². The molecule has 0 bridgehead atoms. The molecule has 0 aliphatic heterocycles. The topological polar surface area (TPSA) is 102 Å². The zero-order valence-electron chi connectivity index (χ0n) is 13.7. The fourth-order valence-corrected chi connectivity index (χ4v) is 4.88. The van der Waals surface area contributed by atoms with Gasteiger partial charge in [0.15, 0.2) is 0 Å². The largest absolute Gasteiger partial charge is 0.494 e. The van der Waals surface area contributed by atoms with Gasteiger partial charge in [-0.1, -0.05) is 6.07 Å². The van der Waals surface area contributed by atoms with Gasteiger partial charge < -0.3 is 4.74 Å². The van der Waals surface area contributed by atoms with E-state index in [-0.39, 0.29) is 22.0 Å². The van der Waals surface area contributed by atoms with Crippen LogP contribution in [-0.2, 0) is 20.0 Å². The fourth-order valence-electron chi connectivity index (χ4n) is 2.07. The molecular weight excluding hydrogens is 432 g/mol. The van der Waals surface area contributed by atoms with Crippen LogP contribution in [-0.4, -0.2) is 30.2 Å². The van der Waals surface area contributed by atoms with Crippen molar-refractivity contribution in [3.8, 4) is 5.75 Å². The number of halogens is 1. The molecule has 0 unspecified atom stereocenters. The molecule has 0 fully saturated rings. The summed E-state index contributed by atoms with van der Waals surface area (Å²) in [5, 5.41) is 0. The van der Waals surface area contributed by atoms with Gasteiger partial charge in [0.25, 0.3) is 10.0 Å². The molecule has 2 rings (SSSR count). The van der Waals surface area contributed by atoms with Crippen LogP contribution in [0.1, 0.15) is 5.56 Å². The van der Waals surface area contributed by atoms with E-state index >= 15 is 0 Å². The molecule has 7 nitrogen and oxygen atoms in total. The second kappa shape index (κ2) is 7.22. The standard InChI is InChI=1S/C15H17BrN2O5S2/c1-10-4-7-15(12(16)8-10)25(21,22)17-11-5-6-13(14(9-11)23-2)18-24(3,19)20/h4-9,17-18H,1-3H3. The first kappa shape index (κ1) is 19.5. The van der Waals surface area contributed by atoms with Gasteiger partial charge in [-0.2, -0.15) is 0 Å². The van der Waals surface area contributed by atoms with Crippen LogP contribution in [0.4, 0.5) is 11.4 Å². The van der Waals surface area contributed by atoms with Crippen molar-refractivity contribution in [3.05, 3.63) is 46.4 Å². The molecule has 0 aliphatic carbocycles. The van der Waals surface area contributed by atoms with Crippen molar-refractivity contribution < 1.29 is 21.6 Å². The Kier molecular flexibility index (Phi) is 5.65. The van der Waals surface area contributed by atoms with Crippen molar-refractivity contribution >= 4 is 47.4 Å².